The van der Waals surface area contributed by atoms with Crippen LogP contribution in [0, 0.1) is 5.92 Å². The van der Waals surface area contributed by atoms with Gasteiger partial charge in [-0.3, -0.25) is 0 Å². The molecule has 1 rings (SSSR count). The van der Waals surface area contributed by atoms with Crippen LogP contribution in [0.2, 0.25) is 0 Å². The van der Waals surface area contributed by atoms with Gasteiger partial charge in [-0.15, -0.1) is 0 Å². The first-order chi connectivity index (χ1) is 7.75. The van der Waals surface area contributed by atoms with Crippen LogP contribution in [0.4, 0.5) is 0 Å². The highest BCUT2D eigenvalue weighted by Crippen LogP contribution is 2.25. The molecule has 0 aliphatic heterocycles. The Morgan fingerprint density at radius 3 is 1.69 bits per heavy atom. The molecule has 0 heteroatoms. The molecule has 0 amide bonds. The zero-order valence-corrected chi connectivity index (χ0v) is 12.2. The second kappa shape index (κ2) is 12.3. The Balaban J connectivity index is 0. The third-order valence-corrected chi connectivity index (χ3v) is 2.82. The topological polar surface area (TPSA) is 0 Å². The molecule has 1 aromatic rings. The van der Waals surface area contributed by atoms with Crippen molar-refractivity contribution in [2.45, 2.75) is 60.8 Å². The van der Waals surface area contributed by atoms with Crippen LogP contribution in [0.3, 0.4) is 0 Å². The molecule has 0 nitrogen and oxygen atoms in total. The summed E-state index contributed by atoms with van der Waals surface area (Å²) in [7, 11) is 0. The number of hydrogen-bond acceptors (Lipinski definition) is 0. The fourth-order valence-electron chi connectivity index (χ4n) is 1.44. The maximum absolute atomic E-state index is 2.32. The Bertz CT molecular complexity index is 213. The molecular weight excluding hydrogens is 192 g/mol. The summed E-state index contributed by atoms with van der Waals surface area (Å²) >= 11 is 0. The van der Waals surface area contributed by atoms with E-state index in [1.54, 1.807) is 0 Å². The van der Waals surface area contributed by atoms with Gasteiger partial charge < -0.3 is 0 Å². The van der Waals surface area contributed by atoms with Crippen molar-refractivity contribution in [1.29, 1.82) is 0 Å². The van der Waals surface area contributed by atoms with E-state index in [0.717, 1.165) is 5.92 Å². The van der Waals surface area contributed by atoms with Gasteiger partial charge in [0.25, 0.3) is 0 Å². The van der Waals surface area contributed by atoms with E-state index in [4.69, 9.17) is 0 Å². The quantitative estimate of drug-likeness (QED) is 0.598. The Morgan fingerprint density at radius 2 is 1.31 bits per heavy atom. The molecule has 0 aliphatic carbocycles. The van der Waals surface area contributed by atoms with Crippen molar-refractivity contribution in [3.8, 4) is 0 Å². The molecule has 16 heavy (non-hydrogen) atoms. The van der Waals surface area contributed by atoms with E-state index >= 15 is 0 Å². The van der Waals surface area contributed by atoms with E-state index in [-0.39, 0.29) is 0 Å². The lowest BCUT2D eigenvalue weighted by Gasteiger charge is -2.18. The van der Waals surface area contributed by atoms with Crippen molar-refractivity contribution < 1.29 is 0 Å². The molecular formula is C16H30. The van der Waals surface area contributed by atoms with E-state index in [1.165, 1.54) is 12.0 Å². The summed E-state index contributed by atoms with van der Waals surface area (Å²) in [6, 6.07) is 10.8. The molecule has 0 aliphatic rings. The predicted molar refractivity (Wildman–Crippen MR) is 77.0 cm³/mol. The molecule has 0 radical (unpaired) electrons. The molecule has 2 atom stereocenters. The second-order valence-electron chi connectivity index (χ2n) is 3.58. The summed E-state index contributed by atoms with van der Waals surface area (Å²) in [5.74, 6) is 1.48. The van der Waals surface area contributed by atoms with E-state index in [9.17, 15) is 0 Å². The smallest absolute Gasteiger partial charge is 0.0165 e. The molecule has 0 fully saturated rings. The predicted octanol–water partition coefficient (Wildman–Crippen LogP) is 5.89. The van der Waals surface area contributed by atoms with Crippen LogP contribution in [-0.4, -0.2) is 0 Å². The third kappa shape index (κ3) is 6.66. The highest BCUT2D eigenvalue weighted by atomic mass is 14.2. The van der Waals surface area contributed by atoms with E-state index in [1.807, 2.05) is 27.7 Å². The molecule has 0 aromatic heterocycles. The number of benzene rings is 1. The van der Waals surface area contributed by atoms with Gasteiger partial charge in [-0.2, -0.15) is 0 Å². The molecule has 0 bridgehead atoms. The van der Waals surface area contributed by atoms with Crippen molar-refractivity contribution in [2.75, 3.05) is 0 Å². The Labute approximate surface area is 103 Å². The summed E-state index contributed by atoms with van der Waals surface area (Å²) in [6.07, 6.45) is 1.26. The first-order valence-electron chi connectivity index (χ1n) is 6.80. The van der Waals surface area contributed by atoms with Gasteiger partial charge in [0.2, 0.25) is 0 Å². The lowest BCUT2D eigenvalue weighted by molar-refractivity contribution is 0.473. The molecule has 0 saturated carbocycles. The standard InChI is InChI=1S/C12H18.2C2H6/c1-4-10(2)11(3)12-8-6-5-7-9-12;2*1-2/h5-11H,4H2,1-3H3;2*1-2H3/t10-,11-;;/m1../s1. The van der Waals surface area contributed by atoms with Gasteiger partial charge in [-0.1, -0.05) is 85.2 Å². The maximum Gasteiger partial charge on any atom is -0.0165 e. The van der Waals surface area contributed by atoms with Crippen molar-refractivity contribution in [3.63, 3.8) is 0 Å². The summed E-state index contributed by atoms with van der Waals surface area (Å²) < 4.78 is 0. The molecule has 94 valence electrons. The van der Waals surface area contributed by atoms with Crippen LogP contribution in [0.5, 0.6) is 0 Å². The van der Waals surface area contributed by atoms with Gasteiger partial charge in [0.1, 0.15) is 0 Å². The third-order valence-electron chi connectivity index (χ3n) is 2.82. The molecule has 0 saturated heterocycles. The van der Waals surface area contributed by atoms with Gasteiger partial charge in [-0.05, 0) is 17.4 Å². The summed E-state index contributed by atoms with van der Waals surface area (Å²) in [6.45, 7) is 14.9. The second-order valence-corrected chi connectivity index (χ2v) is 3.58. The highest BCUT2D eigenvalue weighted by molar-refractivity contribution is 5.19. The SMILES string of the molecule is CC.CC.CC[C@@H](C)[C@@H](C)c1ccccc1. The fraction of sp³-hybridized carbons (Fsp3) is 0.625. The fourth-order valence-corrected chi connectivity index (χ4v) is 1.44. The van der Waals surface area contributed by atoms with Crippen LogP contribution in [0.1, 0.15) is 66.4 Å². The zero-order chi connectivity index (χ0) is 13.0. The zero-order valence-electron chi connectivity index (χ0n) is 12.2. The minimum absolute atomic E-state index is 0.691. The molecule has 1 aromatic carbocycles. The minimum atomic E-state index is 0.691. The normalized spacial score (nSPS) is 12.4. The van der Waals surface area contributed by atoms with Crippen molar-refractivity contribution >= 4 is 0 Å². The first kappa shape index (κ1) is 17.6. The Hall–Kier alpha value is -0.780. The molecule has 0 heterocycles. The Morgan fingerprint density at radius 1 is 0.875 bits per heavy atom. The van der Waals surface area contributed by atoms with Gasteiger partial charge >= 0.3 is 0 Å². The average molecular weight is 222 g/mol. The van der Waals surface area contributed by atoms with E-state index in [2.05, 4.69) is 51.1 Å². The van der Waals surface area contributed by atoms with E-state index < -0.39 is 0 Å². The van der Waals surface area contributed by atoms with Gasteiger partial charge in [-0.25, -0.2) is 0 Å². The van der Waals surface area contributed by atoms with Gasteiger partial charge in [0.05, 0.1) is 0 Å². The largest absolute Gasteiger partial charge is 0.0683 e. The van der Waals surface area contributed by atoms with Gasteiger partial charge in [0.15, 0.2) is 0 Å². The number of rotatable bonds is 3. The lowest BCUT2D eigenvalue weighted by atomic mass is 9.87. The average Bonchev–Trinajstić information content (AvgIpc) is 2.42. The van der Waals surface area contributed by atoms with Crippen molar-refractivity contribution in [2.24, 2.45) is 5.92 Å². The van der Waals surface area contributed by atoms with Crippen LogP contribution in [0.25, 0.3) is 0 Å². The first-order valence-corrected chi connectivity index (χ1v) is 6.80. The van der Waals surface area contributed by atoms with Gasteiger partial charge in [0, 0.05) is 0 Å². The lowest BCUT2D eigenvalue weighted by Crippen LogP contribution is -2.04. The highest BCUT2D eigenvalue weighted by Gasteiger charge is 2.11. The van der Waals surface area contributed by atoms with Crippen molar-refractivity contribution in [3.05, 3.63) is 35.9 Å². The van der Waals surface area contributed by atoms with Crippen molar-refractivity contribution in [1.82, 2.24) is 0 Å². The molecule has 0 N–H and O–H groups in total. The summed E-state index contributed by atoms with van der Waals surface area (Å²) in [5, 5.41) is 0. The Kier molecular flexibility index (Phi) is 13.5. The van der Waals surface area contributed by atoms with Crippen LogP contribution < -0.4 is 0 Å². The van der Waals surface area contributed by atoms with E-state index in [0.29, 0.717) is 5.92 Å². The monoisotopic (exact) mass is 222 g/mol. The maximum atomic E-state index is 2.32. The van der Waals surface area contributed by atoms with Crippen LogP contribution in [-0.2, 0) is 0 Å². The molecule has 0 unspecified atom stereocenters. The molecule has 0 spiro atoms. The number of hydrogen-bond donors (Lipinski definition) is 0. The summed E-state index contributed by atoms with van der Waals surface area (Å²) in [4.78, 5) is 0. The minimum Gasteiger partial charge on any atom is -0.0683 e. The van der Waals surface area contributed by atoms with Crippen LogP contribution in [0.15, 0.2) is 30.3 Å². The van der Waals surface area contributed by atoms with Crippen LogP contribution >= 0.6 is 0 Å². The summed E-state index contributed by atoms with van der Waals surface area (Å²) in [5.41, 5.74) is 1.46.